The second-order valence-electron chi connectivity index (χ2n) is 15.7. The van der Waals surface area contributed by atoms with E-state index in [9.17, 15) is 23.2 Å². The zero-order chi connectivity index (χ0) is 44.2. The van der Waals surface area contributed by atoms with Gasteiger partial charge in [-0.1, -0.05) is 54.6 Å². The van der Waals surface area contributed by atoms with Crippen LogP contribution in [-0.4, -0.2) is 110 Å². The third kappa shape index (κ3) is 9.09. The average Bonchev–Trinajstić information content (AvgIpc) is 4.05. The second kappa shape index (κ2) is 18.6. The first kappa shape index (κ1) is 42.0. The molecule has 0 bridgehead atoms. The number of benzene rings is 4. The number of rotatable bonds is 15. The Hall–Kier alpha value is -7.31. The fourth-order valence-electron chi connectivity index (χ4n) is 8.34. The lowest BCUT2D eigenvalue weighted by Gasteiger charge is -2.34. The molecule has 0 radical (unpaired) electrons. The number of aromatic nitrogens is 6. The summed E-state index contributed by atoms with van der Waals surface area (Å²) >= 11 is 0. The van der Waals surface area contributed by atoms with E-state index < -0.39 is 35.7 Å². The number of halogens is 2. The Balaban J connectivity index is 0.844. The summed E-state index contributed by atoms with van der Waals surface area (Å²) in [6.07, 6.45) is 4.79. The van der Waals surface area contributed by atoms with Crippen molar-refractivity contribution in [1.82, 2.24) is 45.1 Å². The van der Waals surface area contributed by atoms with E-state index >= 15 is 0 Å². The molecular formula is C46H45F2N11O5. The van der Waals surface area contributed by atoms with E-state index in [4.69, 9.17) is 20.3 Å². The molecule has 0 saturated carbocycles. The molecule has 7 aromatic rings. The Morgan fingerprint density at radius 3 is 2.61 bits per heavy atom. The standard InChI is InChI=1S/C46H45F2N11O5/c47-31-12-13-39(37(48)21-31)59-45-35(24-54-59)44(52-28-53-45)58-25-33(22-40(58)43(49)61)64-32-9-4-8-30(20-32)34-10-5-11-38-36(34)26-57(55-38)17-16-56-18-19-63-27-41(56)46(62)50-15-14-42(60)51-23-29-6-2-1-3-7-29/h1-13,20-21,24,26,28,33,40-41H,14-19,22-23,25,27H2,(H2,49,61)(H,50,62)(H,51,60)/t33-,40?,41-/m0/s1. The average molecular weight is 870 g/mol. The predicted molar refractivity (Wildman–Crippen MR) is 233 cm³/mol. The van der Waals surface area contributed by atoms with Gasteiger partial charge in [-0.2, -0.15) is 10.2 Å². The van der Waals surface area contributed by atoms with Gasteiger partial charge in [0, 0.05) is 56.7 Å². The molecule has 16 nitrogen and oxygen atoms in total. The molecular weight excluding hydrogens is 825 g/mol. The highest BCUT2D eigenvalue weighted by molar-refractivity contribution is 5.95. The number of hydrogen-bond acceptors (Lipinski definition) is 11. The van der Waals surface area contributed by atoms with Gasteiger partial charge in [-0.3, -0.25) is 24.0 Å². The van der Waals surface area contributed by atoms with Gasteiger partial charge in [0.15, 0.2) is 11.5 Å². The molecule has 2 saturated heterocycles. The van der Waals surface area contributed by atoms with Crippen molar-refractivity contribution < 1.29 is 32.6 Å². The molecule has 9 rings (SSSR count). The van der Waals surface area contributed by atoms with Gasteiger partial charge in [0.05, 0.1) is 43.4 Å². The van der Waals surface area contributed by atoms with Crippen LogP contribution < -0.4 is 26.0 Å². The maximum Gasteiger partial charge on any atom is 0.240 e. The number of anilines is 1. The molecule has 0 aliphatic carbocycles. The van der Waals surface area contributed by atoms with Crippen LogP contribution in [0.25, 0.3) is 38.8 Å². The van der Waals surface area contributed by atoms with Crippen LogP contribution in [-0.2, 0) is 32.2 Å². The van der Waals surface area contributed by atoms with Crippen molar-refractivity contribution in [2.24, 2.45) is 5.73 Å². The highest BCUT2D eigenvalue weighted by Crippen LogP contribution is 2.35. The van der Waals surface area contributed by atoms with E-state index in [-0.39, 0.29) is 55.7 Å². The van der Waals surface area contributed by atoms with Crippen LogP contribution in [0.3, 0.4) is 0 Å². The van der Waals surface area contributed by atoms with E-state index in [1.54, 1.807) is 4.90 Å². The van der Waals surface area contributed by atoms with Gasteiger partial charge in [0.1, 0.15) is 47.6 Å². The number of carbonyl (C=O) groups is 3. The van der Waals surface area contributed by atoms with Crippen LogP contribution in [0.2, 0.25) is 0 Å². The first-order valence-corrected chi connectivity index (χ1v) is 21.0. The van der Waals surface area contributed by atoms with Crippen molar-refractivity contribution in [2.45, 2.75) is 44.1 Å². The summed E-state index contributed by atoms with van der Waals surface area (Å²) < 4.78 is 43.7. The number of nitrogens with two attached hydrogens (primary N) is 1. The molecule has 5 heterocycles. The van der Waals surface area contributed by atoms with Gasteiger partial charge in [0.25, 0.3) is 0 Å². The number of hydrogen-bond donors (Lipinski definition) is 3. The van der Waals surface area contributed by atoms with E-state index in [1.807, 2.05) is 83.7 Å². The van der Waals surface area contributed by atoms with Crippen molar-refractivity contribution in [1.29, 1.82) is 0 Å². The molecule has 3 aromatic heterocycles. The zero-order valence-corrected chi connectivity index (χ0v) is 34.6. The summed E-state index contributed by atoms with van der Waals surface area (Å²) in [5.41, 5.74) is 9.87. The SMILES string of the molecule is NC(=O)C1C[C@H](Oc2cccc(-c3cccc4nn(CCN5CCOC[C@H]5C(=O)NCCC(=O)NCc5ccccc5)cc34)c2)CN1c1ncnc2c1cnn2-c1ccc(F)cc1F. The van der Waals surface area contributed by atoms with Crippen LogP contribution in [0.5, 0.6) is 5.75 Å². The number of morpholine rings is 1. The normalized spacial score (nSPS) is 17.8. The molecule has 3 amide bonds. The van der Waals surface area contributed by atoms with E-state index in [0.717, 1.165) is 39.7 Å². The third-order valence-corrected chi connectivity index (χ3v) is 11.5. The third-order valence-electron chi connectivity index (χ3n) is 11.5. The maximum atomic E-state index is 14.7. The van der Waals surface area contributed by atoms with Crippen molar-refractivity contribution in [3.63, 3.8) is 0 Å². The van der Waals surface area contributed by atoms with Gasteiger partial charge in [0.2, 0.25) is 17.7 Å². The van der Waals surface area contributed by atoms with Crippen molar-refractivity contribution >= 4 is 45.5 Å². The Kier molecular flexibility index (Phi) is 12.2. The molecule has 328 valence electrons. The molecule has 64 heavy (non-hydrogen) atoms. The van der Waals surface area contributed by atoms with Crippen LogP contribution in [0, 0.1) is 11.6 Å². The molecule has 4 N–H and O–H groups in total. The lowest BCUT2D eigenvalue weighted by molar-refractivity contribution is -0.132. The van der Waals surface area contributed by atoms with Crippen LogP contribution in [0.1, 0.15) is 18.4 Å². The smallest absolute Gasteiger partial charge is 0.240 e. The number of primary amides is 1. The van der Waals surface area contributed by atoms with Crippen molar-refractivity contribution in [3.8, 4) is 22.6 Å². The summed E-state index contributed by atoms with van der Waals surface area (Å²) in [6.45, 7) is 3.37. The summed E-state index contributed by atoms with van der Waals surface area (Å²) in [6, 6.07) is 25.2. The molecule has 1 unspecified atom stereocenters. The lowest BCUT2D eigenvalue weighted by Crippen LogP contribution is -2.54. The molecule has 2 fully saturated rings. The second-order valence-corrected chi connectivity index (χ2v) is 15.7. The number of nitrogens with one attached hydrogen (secondary N) is 2. The Labute approximate surface area is 366 Å². The van der Waals surface area contributed by atoms with Gasteiger partial charge < -0.3 is 30.7 Å². The van der Waals surface area contributed by atoms with Crippen molar-refractivity contribution in [3.05, 3.63) is 127 Å². The van der Waals surface area contributed by atoms with Crippen LogP contribution in [0.4, 0.5) is 14.6 Å². The number of nitrogens with zero attached hydrogens (tertiary/aromatic N) is 8. The van der Waals surface area contributed by atoms with E-state index in [1.165, 1.54) is 23.3 Å². The quantitative estimate of drug-likeness (QED) is 0.134. The number of ether oxygens (including phenoxy) is 2. The highest BCUT2D eigenvalue weighted by atomic mass is 19.1. The topological polar surface area (TPSA) is 188 Å². The zero-order valence-electron chi connectivity index (χ0n) is 34.6. The lowest BCUT2D eigenvalue weighted by atomic mass is 10.0. The minimum Gasteiger partial charge on any atom is -0.488 e. The number of fused-ring (bicyclic) bond motifs is 2. The highest BCUT2D eigenvalue weighted by Gasteiger charge is 2.39. The molecule has 4 aromatic carbocycles. The first-order chi connectivity index (χ1) is 31.2. The van der Waals surface area contributed by atoms with Gasteiger partial charge in [-0.15, -0.1) is 0 Å². The van der Waals surface area contributed by atoms with Gasteiger partial charge in [-0.05, 0) is 47.0 Å². The van der Waals surface area contributed by atoms with E-state index in [0.29, 0.717) is 49.7 Å². The molecule has 2 aliphatic rings. The largest absolute Gasteiger partial charge is 0.488 e. The maximum absolute atomic E-state index is 14.7. The van der Waals surface area contributed by atoms with E-state index in [2.05, 4.69) is 30.6 Å². The Bertz CT molecular complexity index is 2820. The molecule has 3 atom stereocenters. The Morgan fingerprint density at radius 2 is 1.77 bits per heavy atom. The molecule has 18 heteroatoms. The fourth-order valence-corrected chi connectivity index (χ4v) is 8.34. The Morgan fingerprint density at radius 1 is 0.906 bits per heavy atom. The molecule has 2 aliphatic heterocycles. The van der Waals surface area contributed by atoms with Gasteiger partial charge >= 0.3 is 0 Å². The van der Waals surface area contributed by atoms with Crippen LogP contribution >= 0.6 is 0 Å². The monoisotopic (exact) mass is 869 g/mol. The minimum atomic E-state index is -0.807. The van der Waals surface area contributed by atoms with Crippen LogP contribution in [0.15, 0.2) is 110 Å². The first-order valence-electron chi connectivity index (χ1n) is 21.0. The minimum absolute atomic E-state index is 0.0109. The number of carbonyl (C=O) groups excluding carboxylic acids is 3. The van der Waals surface area contributed by atoms with Gasteiger partial charge in [-0.25, -0.2) is 23.4 Å². The summed E-state index contributed by atoms with van der Waals surface area (Å²) in [4.78, 5) is 51.1. The summed E-state index contributed by atoms with van der Waals surface area (Å²) in [7, 11) is 0. The fraction of sp³-hybridized carbons (Fsp3) is 0.283. The van der Waals surface area contributed by atoms with Crippen molar-refractivity contribution in [2.75, 3.05) is 44.3 Å². The summed E-state index contributed by atoms with van der Waals surface area (Å²) in [5.74, 6) is -1.43. The number of amides is 3. The molecule has 0 spiro atoms. The predicted octanol–water partition coefficient (Wildman–Crippen LogP) is 4.15. The summed E-state index contributed by atoms with van der Waals surface area (Å²) in [5, 5.41) is 16.4.